The number of likely N-dealkylation sites (tertiary alicyclic amines) is 1. The van der Waals surface area contributed by atoms with Gasteiger partial charge < -0.3 is 20.3 Å². The monoisotopic (exact) mass is 447 g/mol. The van der Waals surface area contributed by atoms with E-state index in [9.17, 15) is 0 Å². The highest BCUT2D eigenvalue weighted by atomic mass is 127. The molecule has 1 fully saturated rings. The van der Waals surface area contributed by atoms with Gasteiger partial charge in [-0.25, -0.2) is 9.98 Å². The quantitative estimate of drug-likeness (QED) is 0.412. The SMILES string of the molecule is CN(C)CCOc1cc(CN=C(N)N2CCCCCC2)ccn1.I. The summed E-state index contributed by atoms with van der Waals surface area (Å²) in [5.74, 6) is 1.30. The van der Waals surface area contributed by atoms with Crippen LogP contribution in [0.5, 0.6) is 5.88 Å². The van der Waals surface area contributed by atoms with Gasteiger partial charge in [0.25, 0.3) is 0 Å². The van der Waals surface area contributed by atoms with Gasteiger partial charge in [0.2, 0.25) is 5.88 Å². The molecule has 0 unspecified atom stereocenters. The van der Waals surface area contributed by atoms with Crippen molar-refractivity contribution in [2.45, 2.75) is 32.2 Å². The molecule has 2 rings (SSSR count). The van der Waals surface area contributed by atoms with Crippen LogP contribution in [0.2, 0.25) is 0 Å². The lowest BCUT2D eigenvalue weighted by molar-refractivity contribution is 0.253. The van der Waals surface area contributed by atoms with E-state index in [1.54, 1.807) is 6.20 Å². The fourth-order valence-corrected chi connectivity index (χ4v) is 2.53. The van der Waals surface area contributed by atoms with Gasteiger partial charge in [-0.05, 0) is 38.6 Å². The first-order chi connectivity index (χ1) is 11.1. The van der Waals surface area contributed by atoms with Gasteiger partial charge in [0, 0.05) is 31.9 Å². The zero-order valence-corrected chi connectivity index (χ0v) is 17.1. The van der Waals surface area contributed by atoms with Crippen molar-refractivity contribution in [2.24, 2.45) is 10.7 Å². The molecule has 7 heteroatoms. The first-order valence-corrected chi connectivity index (χ1v) is 8.42. The highest BCUT2D eigenvalue weighted by Crippen LogP contribution is 2.12. The number of hydrogen-bond donors (Lipinski definition) is 1. The van der Waals surface area contributed by atoms with Crippen LogP contribution in [0.4, 0.5) is 0 Å². The Morgan fingerprint density at radius 1 is 1.29 bits per heavy atom. The van der Waals surface area contributed by atoms with Gasteiger partial charge >= 0.3 is 0 Å². The van der Waals surface area contributed by atoms with Crippen LogP contribution in [0.1, 0.15) is 31.2 Å². The Morgan fingerprint density at radius 3 is 2.67 bits per heavy atom. The summed E-state index contributed by atoms with van der Waals surface area (Å²) in [6.07, 6.45) is 6.76. The van der Waals surface area contributed by atoms with Gasteiger partial charge in [0.1, 0.15) is 6.61 Å². The maximum atomic E-state index is 6.14. The van der Waals surface area contributed by atoms with Gasteiger partial charge in [-0.15, -0.1) is 24.0 Å². The Labute approximate surface area is 162 Å². The lowest BCUT2D eigenvalue weighted by Gasteiger charge is -2.21. The number of hydrogen-bond acceptors (Lipinski definition) is 4. The fourth-order valence-electron chi connectivity index (χ4n) is 2.53. The minimum atomic E-state index is 0. The highest BCUT2D eigenvalue weighted by molar-refractivity contribution is 14.0. The fraction of sp³-hybridized carbons (Fsp3) is 0.647. The van der Waals surface area contributed by atoms with Gasteiger partial charge in [-0.2, -0.15) is 0 Å². The third-order valence-corrected chi connectivity index (χ3v) is 3.94. The van der Waals surface area contributed by atoms with Gasteiger partial charge in [0.05, 0.1) is 6.54 Å². The van der Waals surface area contributed by atoms with Crippen molar-refractivity contribution in [1.82, 2.24) is 14.8 Å². The minimum Gasteiger partial charge on any atom is -0.476 e. The Bertz CT molecular complexity index is 502. The summed E-state index contributed by atoms with van der Waals surface area (Å²) in [7, 11) is 4.04. The largest absolute Gasteiger partial charge is 0.476 e. The molecular weight excluding hydrogens is 417 g/mol. The number of pyridine rings is 1. The zero-order chi connectivity index (χ0) is 16.5. The molecule has 1 aliphatic rings. The summed E-state index contributed by atoms with van der Waals surface area (Å²) < 4.78 is 5.65. The number of nitrogens with two attached hydrogens (primary N) is 1. The number of aliphatic imine (C=N–C) groups is 1. The smallest absolute Gasteiger partial charge is 0.213 e. The molecule has 1 aromatic heterocycles. The average molecular weight is 447 g/mol. The normalized spacial score (nSPS) is 15.8. The van der Waals surface area contributed by atoms with Crippen LogP contribution < -0.4 is 10.5 Å². The van der Waals surface area contributed by atoms with E-state index in [1.807, 2.05) is 26.2 Å². The summed E-state index contributed by atoms with van der Waals surface area (Å²) in [6.45, 7) is 4.10. The molecule has 0 aromatic carbocycles. The molecule has 1 saturated heterocycles. The highest BCUT2D eigenvalue weighted by Gasteiger charge is 2.10. The van der Waals surface area contributed by atoms with Crippen LogP contribution in [0.15, 0.2) is 23.3 Å². The Morgan fingerprint density at radius 2 is 2.00 bits per heavy atom. The van der Waals surface area contributed by atoms with Crippen LogP contribution in [-0.4, -0.2) is 61.1 Å². The second-order valence-electron chi connectivity index (χ2n) is 6.23. The van der Waals surface area contributed by atoms with Crippen LogP contribution in [0, 0.1) is 0 Å². The number of guanidine groups is 1. The van der Waals surface area contributed by atoms with Gasteiger partial charge in [-0.3, -0.25) is 0 Å². The van der Waals surface area contributed by atoms with Crippen molar-refractivity contribution in [1.29, 1.82) is 0 Å². The molecular formula is C17H30IN5O. The molecule has 0 spiro atoms. The van der Waals surface area contributed by atoms with Crippen LogP contribution in [-0.2, 0) is 6.54 Å². The first-order valence-electron chi connectivity index (χ1n) is 8.42. The lowest BCUT2D eigenvalue weighted by Crippen LogP contribution is -2.38. The molecule has 24 heavy (non-hydrogen) atoms. The molecule has 0 radical (unpaired) electrons. The zero-order valence-electron chi connectivity index (χ0n) is 14.8. The number of rotatable bonds is 6. The number of likely N-dealkylation sites (N-methyl/N-ethyl adjacent to an activating group) is 1. The molecule has 2 N–H and O–H groups in total. The van der Waals surface area contributed by atoms with Crippen LogP contribution in [0.25, 0.3) is 0 Å². The Balaban J connectivity index is 0.00000288. The minimum absolute atomic E-state index is 0. The molecule has 1 aliphatic heterocycles. The topological polar surface area (TPSA) is 67.0 Å². The molecule has 6 nitrogen and oxygen atoms in total. The van der Waals surface area contributed by atoms with Crippen molar-refractivity contribution < 1.29 is 4.74 Å². The molecule has 0 amide bonds. The van der Waals surface area contributed by atoms with E-state index in [-0.39, 0.29) is 24.0 Å². The van der Waals surface area contributed by atoms with E-state index in [1.165, 1.54) is 25.7 Å². The molecule has 1 aromatic rings. The summed E-state index contributed by atoms with van der Waals surface area (Å²) in [5.41, 5.74) is 7.21. The van der Waals surface area contributed by atoms with E-state index in [0.29, 0.717) is 25.0 Å². The first kappa shape index (κ1) is 21.0. The van der Waals surface area contributed by atoms with Crippen LogP contribution in [0.3, 0.4) is 0 Å². The third kappa shape index (κ3) is 7.65. The summed E-state index contributed by atoms with van der Waals surface area (Å²) in [4.78, 5) is 13.0. The maximum Gasteiger partial charge on any atom is 0.213 e. The van der Waals surface area contributed by atoms with Gasteiger partial charge in [-0.1, -0.05) is 12.8 Å². The number of ether oxygens (including phenoxy) is 1. The second kappa shape index (κ2) is 11.5. The molecule has 0 aliphatic carbocycles. The number of halogens is 1. The average Bonchev–Trinajstić information content (AvgIpc) is 2.82. The molecule has 0 bridgehead atoms. The van der Waals surface area contributed by atoms with Crippen molar-refractivity contribution >= 4 is 29.9 Å². The van der Waals surface area contributed by atoms with Crippen LogP contribution >= 0.6 is 24.0 Å². The lowest BCUT2D eigenvalue weighted by atomic mass is 10.2. The molecule has 136 valence electrons. The van der Waals surface area contributed by atoms with Gasteiger partial charge in [0.15, 0.2) is 5.96 Å². The predicted octanol–water partition coefficient (Wildman–Crippen LogP) is 2.33. The standard InChI is InChI=1S/C17H29N5O.HI/c1-21(2)11-12-23-16-13-15(7-8-19-16)14-20-17(18)22-9-5-3-4-6-10-22;/h7-8,13H,3-6,9-12,14H2,1-2H3,(H2,18,20);1H. The third-order valence-electron chi connectivity index (χ3n) is 3.94. The summed E-state index contributed by atoms with van der Waals surface area (Å²) in [6, 6.07) is 3.90. The Hall–Kier alpha value is -1.09. The maximum absolute atomic E-state index is 6.14. The van der Waals surface area contributed by atoms with E-state index < -0.39 is 0 Å². The van der Waals surface area contributed by atoms with Crippen molar-refractivity contribution in [3.63, 3.8) is 0 Å². The number of aromatic nitrogens is 1. The summed E-state index contributed by atoms with van der Waals surface area (Å²) >= 11 is 0. The van der Waals surface area contributed by atoms with Crippen molar-refractivity contribution in [3.05, 3.63) is 23.9 Å². The van der Waals surface area contributed by atoms with Crippen molar-refractivity contribution in [2.75, 3.05) is 40.3 Å². The van der Waals surface area contributed by atoms with E-state index in [2.05, 4.69) is 19.8 Å². The van der Waals surface area contributed by atoms with E-state index >= 15 is 0 Å². The van der Waals surface area contributed by atoms with E-state index in [4.69, 9.17) is 10.5 Å². The van der Waals surface area contributed by atoms with E-state index in [0.717, 1.165) is 25.2 Å². The van der Waals surface area contributed by atoms with Crippen molar-refractivity contribution in [3.8, 4) is 5.88 Å². The molecule has 0 atom stereocenters. The second-order valence-corrected chi connectivity index (χ2v) is 6.23. The summed E-state index contributed by atoms with van der Waals surface area (Å²) in [5, 5.41) is 0. The molecule has 0 saturated carbocycles. The molecule has 2 heterocycles. The Kier molecular flexibility index (Phi) is 10.0. The number of nitrogens with zero attached hydrogens (tertiary/aromatic N) is 4. The predicted molar refractivity (Wildman–Crippen MR) is 109 cm³/mol.